The average molecular weight is 313 g/mol. The first-order valence-corrected chi connectivity index (χ1v) is 5.92. The highest BCUT2D eigenvalue weighted by Crippen LogP contribution is 2.33. The molecule has 1 unspecified atom stereocenters. The molecule has 1 rings (SSSR count). The fourth-order valence-electron chi connectivity index (χ4n) is 1.16. The van der Waals surface area contributed by atoms with Gasteiger partial charge in [0.2, 0.25) is 0 Å². The molecule has 3 nitrogen and oxygen atoms in total. The van der Waals surface area contributed by atoms with E-state index in [1.54, 1.807) is 0 Å². The van der Waals surface area contributed by atoms with E-state index in [1.807, 2.05) is 0 Å². The van der Waals surface area contributed by atoms with Gasteiger partial charge in [-0.2, -0.15) is 0 Å². The minimum Gasteiger partial charge on any atom is -0.494 e. The van der Waals surface area contributed by atoms with E-state index in [1.165, 1.54) is 19.2 Å². The van der Waals surface area contributed by atoms with Crippen LogP contribution in [0, 0.1) is 5.82 Å². The topological polar surface area (TPSA) is 41.5 Å². The lowest BCUT2D eigenvalue weighted by Gasteiger charge is -2.15. The van der Waals surface area contributed by atoms with Gasteiger partial charge in [0.25, 0.3) is 0 Å². The van der Waals surface area contributed by atoms with Gasteiger partial charge in [0, 0.05) is 17.1 Å². The molecular formula is C10H12BrClFNO2. The summed E-state index contributed by atoms with van der Waals surface area (Å²) in [6.07, 6.45) is -0.664. The van der Waals surface area contributed by atoms with Crippen molar-refractivity contribution in [3.8, 4) is 5.75 Å². The second-order valence-corrected chi connectivity index (χ2v) is 4.32. The predicted molar refractivity (Wildman–Crippen MR) is 65.9 cm³/mol. The molecule has 0 aliphatic rings. The highest BCUT2D eigenvalue weighted by molar-refractivity contribution is 9.10. The first kappa shape index (κ1) is 13.5. The standard InChI is InChI=1S/C10H12BrClFNO2/c1-16-9-3-6(13)2-8(11)10(9)14-5-7(15)4-12/h2-3,7,14-15H,4-5H2,1H3. The average Bonchev–Trinajstić information content (AvgIpc) is 2.26. The summed E-state index contributed by atoms with van der Waals surface area (Å²) in [5.41, 5.74) is 0.591. The van der Waals surface area contributed by atoms with Crippen LogP contribution in [0.2, 0.25) is 0 Å². The molecule has 1 atom stereocenters. The van der Waals surface area contributed by atoms with Crippen LogP contribution in [0.1, 0.15) is 0 Å². The van der Waals surface area contributed by atoms with Crippen molar-refractivity contribution in [3.05, 3.63) is 22.4 Å². The second kappa shape index (κ2) is 6.27. The second-order valence-electron chi connectivity index (χ2n) is 3.15. The summed E-state index contributed by atoms with van der Waals surface area (Å²) in [7, 11) is 1.45. The van der Waals surface area contributed by atoms with Crippen LogP contribution in [0.5, 0.6) is 5.75 Å². The van der Waals surface area contributed by atoms with Gasteiger partial charge in [0.1, 0.15) is 11.6 Å². The third-order valence-electron chi connectivity index (χ3n) is 1.93. The summed E-state index contributed by atoms with van der Waals surface area (Å²) in [5.74, 6) is 0.106. The summed E-state index contributed by atoms with van der Waals surface area (Å²) < 4.78 is 18.6. The summed E-state index contributed by atoms with van der Waals surface area (Å²) in [6.45, 7) is 0.268. The molecule has 2 N–H and O–H groups in total. The summed E-state index contributed by atoms with van der Waals surface area (Å²) in [5, 5.41) is 12.2. The molecule has 6 heteroatoms. The molecule has 0 spiro atoms. The molecule has 0 bridgehead atoms. The minimum atomic E-state index is -0.664. The number of ether oxygens (including phenoxy) is 1. The van der Waals surface area contributed by atoms with Gasteiger partial charge < -0.3 is 15.2 Å². The van der Waals surface area contributed by atoms with Gasteiger partial charge in [-0.3, -0.25) is 0 Å². The molecule has 1 aromatic carbocycles. The van der Waals surface area contributed by atoms with Crippen LogP contribution in [0.15, 0.2) is 16.6 Å². The Labute approximate surface area is 107 Å². The molecule has 16 heavy (non-hydrogen) atoms. The number of aliphatic hydroxyl groups is 1. The van der Waals surface area contributed by atoms with E-state index < -0.39 is 11.9 Å². The smallest absolute Gasteiger partial charge is 0.146 e. The largest absolute Gasteiger partial charge is 0.494 e. The Morgan fingerprint density at radius 1 is 1.62 bits per heavy atom. The number of hydrogen-bond donors (Lipinski definition) is 2. The van der Waals surface area contributed by atoms with Crippen molar-refractivity contribution in [3.63, 3.8) is 0 Å². The van der Waals surface area contributed by atoms with Gasteiger partial charge in [0.05, 0.1) is 24.8 Å². The number of methoxy groups -OCH3 is 1. The summed E-state index contributed by atoms with van der Waals surface area (Å²) >= 11 is 8.68. The molecule has 0 heterocycles. The molecule has 0 radical (unpaired) electrons. The zero-order valence-electron chi connectivity index (χ0n) is 8.64. The molecule has 0 aliphatic heterocycles. The summed E-state index contributed by atoms with van der Waals surface area (Å²) in [6, 6.07) is 2.58. The maximum absolute atomic E-state index is 13.1. The molecule has 0 fully saturated rings. The van der Waals surface area contributed by atoms with Crippen LogP contribution < -0.4 is 10.1 Å². The Hall–Kier alpha value is -0.520. The van der Waals surface area contributed by atoms with Crippen molar-refractivity contribution in [2.45, 2.75) is 6.10 Å². The van der Waals surface area contributed by atoms with E-state index in [4.69, 9.17) is 16.3 Å². The Kier molecular flexibility index (Phi) is 5.31. The van der Waals surface area contributed by atoms with Gasteiger partial charge in [-0.05, 0) is 22.0 Å². The molecule has 0 saturated heterocycles. The Balaban J connectivity index is 2.85. The molecule has 0 aromatic heterocycles. The van der Waals surface area contributed by atoms with Crippen molar-refractivity contribution in [1.82, 2.24) is 0 Å². The van der Waals surface area contributed by atoms with Crippen molar-refractivity contribution in [2.24, 2.45) is 0 Å². The third kappa shape index (κ3) is 3.50. The number of nitrogens with one attached hydrogen (secondary N) is 1. The number of anilines is 1. The number of hydrogen-bond acceptors (Lipinski definition) is 3. The quantitative estimate of drug-likeness (QED) is 0.821. The third-order valence-corrected chi connectivity index (χ3v) is 2.91. The Bertz CT molecular complexity index is 365. The predicted octanol–water partition coefficient (Wildman–Crippen LogP) is 2.61. The Morgan fingerprint density at radius 2 is 2.31 bits per heavy atom. The van der Waals surface area contributed by atoms with E-state index in [0.717, 1.165) is 0 Å². The van der Waals surface area contributed by atoms with Crippen molar-refractivity contribution >= 4 is 33.2 Å². The molecule has 90 valence electrons. The molecule has 0 saturated carbocycles. The molecule has 1 aromatic rings. The van der Waals surface area contributed by atoms with E-state index in [-0.39, 0.29) is 12.4 Å². The van der Waals surface area contributed by atoms with Crippen molar-refractivity contribution < 1.29 is 14.2 Å². The van der Waals surface area contributed by atoms with E-state index >= 15 is 0 Å². The van der Waals surface area contributed by atoms with Gasteiger partial charge in [-0.1, -0.05) is 0 Å². The normalized spacial score (nSPS) is 12.3. The highest BCUT2D eigenvalue weighted by Gasteiger charge is 2.11. The lowest BCUT2D eigenvalue weighted by molar-refractivity contribution is 0.211. The first-order valence-electron chi connectivity index (χ1n) is 4.59. The van der Waals surface area contributed by atoms with Crippen LogP contribution in [0.4, 0.5) is 10.1 Å². The minimum absolute atomic E-state index is 0.133. The van der Waals surface area contributed by atoms with Crippen molar-refractivity contribution in [1.29, 1.82) is 0 Å². The molecular weight excluding hydrogens is 300 g/mol. The van der Waals surface area contributed by atoms with Gasteiger partial charge in [0.15, 0.2) is 0 Å². The van der Waals surface area contributed by atoms with E-state index in [9.17, 15) is 9.50 Å². The van der Waals surface area contributed by atoms with Crippen LogP contribution in [-0.2, 0) is 0 Å². The number of aliphatic hydroxyl groups excluding tert-OH is 1. The number of halogens is 3. The van der Waals surface area contributed by atoms with Crippen LogP contribution in [-0.4, -0.2) is 30.7 Å². The maximum Gasteiger partial charge on any atom is 0.146 e. The Morgan fingerprint density at radius 3 is 2.88 bits per heavy atom. The summed E-state index contributed by atoms with van der Waals surface area (Å²) in [4.78, 5) is 0. The van der Waals surface area contributed by atoms with E-state index in [0.29, 0.717) is 15.9 Å². The van der Waals surface area contributed by atoms with Gasteiger partial charge in [-0.25, -0.2) is 4.39 Å². The van der Waals surface area contributed by atoms with E-state index in [2.05, 4.69) is 21.2 Å². The van der Waals surface area contributed by atoms with Crippen LogP contribution >= 0.6 is 27.5 Å². The number of alkyl halides is 1. The fourth-order valence-corrected chi connectivity index (χ4v) is 1.82. The number of rotatable bonds is 5. The fraction of sp³-hybridized carbons (Fsp3) is 0.400. The zero-order chi connectivity index (χ0) is 12.1. The number of benzene rings is 1. The SMILES string of the molecule is COc1cc(F)cc(Br)c1NCC(O)CCl. The lowest BCUT2D eigenvalue weighted by atomic mass is 10.2. The van der Waals surface area contributed by atoms with Gasteiger partial charge >= 0.3 is 0 Å². The highest BCUT2D eigenvalue weighted by atomic mass is 79.9. The molecule has 0 amide bonds. The molecule has 0 aliphatic carbocycles. The van der Waals surface area contributed by atoms with Crippen LogP contribution in [0.3, 0.4) is 0 Å². The van der Waals surface area contributed by atoms with Crippen LogP contribution in [0.25, 0.3) is 0 Å². The maximum atomic E-state index is 13.1. The zero-order valence-corrected chi connectivity index (χ0v) is 11.0. The monoisotopic (exact) mass is 311 g/mol. The van der Waals surface area contributed by atoms with Gasteiger partial charge in [-0.15, -0.1) is 11.6 Å². The van der Waals surface area contributed by atoms with Crippen molar-refractivity contribution in [2.75, 3.05) is 24.9 Å². The first-order chi connectivity index (χ1) is 7.58. The lowest BCUT2D eigenvalue weighted by Crippen LogP contribution is -2.21.